The van der Waals surface area contributed by atoms with Gasteiger partial charge >= 0.3 is 0 Å². The van der Waals surface area contributed by atoms with Gasteiger partial charge in [-0.05, 0) is 37.5 Å². The molecule has 7 nitrogen and oxygen atoms in total. The lowest BCUT2D eigenvalue weighted by atomic mass is 9.80. The molecule has 4 atom stereocenters. The molecule has 2 aliphatic heterocycles. The minimum Gasteiger partial charge on any atom is -0.397 e. The van der Waals surface area contributed by atoms with Crippen molar-refractivity contribution in [1.29, 1.82) is 0 Å². The number of aromatic nitrogens is 1. The van der Waals surface area contributed by atoms with Gasteiger partial charge in [-0.2, -0.15) is 0 Å². The van der Waals surface area contributed by atoms with E-state index < -0.39 is 29.2 Å². The zero-order valence-corrected chi connectivity index (χ0v) is 23.9. The molecule has 6 rings (SSSR count). The van der Waals surface area contributed by atoms with Crippen LogP contribution in [0.25, 0.3) is 0 Å². The van der Waals surface area contributed by atoms with Crippen molar-refractivity contribution in [2.24, 2.45) is 4.99 Å². The van der Waals surface area contributed by atoms with Crippen molar-refractivity contribution in [3.05, 3.63) is 125 Å². The average Bonchev–Trinajstić information content (AvgIpc) is 3.56. The van der Waals surface area contributed by atoms with Crippen molar-refractivity contribution in [1.82, 2.24) is 4.98 Å². The maximum atomic E-state index is 7.13. The summed E-state index contributed by atoms with van der Waals surface area (Å²) >= 11 is 0. The van der Waals surface area contributed by atoms with Crippen molar-refractivity contribution in [2.75, 3.05) is 19.4 Å². The maximum Gasteiger partial charge on any atom is 0.164 e. The molecule has 0 aliphatic carbocycles. The molecule has 41 heavy (non-hydrogen) atoms. The van der Waals surface area contributed by atoms with Crippen molar-refractivity contribution in [3.8, 4) is 0 Å². The Morgan fingerprint density at radius 3 is 1.95 bits per heavy atom. The first-order valence-electron chi connectivity index (χ1n) is 14.0. The summed E-state index contributed by atoms with van der Waals surface area (Å²) in [5.74, 6) is -0.798. The van der Waals surface area contributed by atoms with E-state index in [2.05, 4.69) is 46.4 Å². The fraction of sp³-hybridized carbons (Fsp3) is 0.324. The van der Waals surface area contributed by atoms with E-state index in [1.54, 1.807) is 13.3 Å². The topological polar surface area (TPSA) is 91.1 Å². The van der Waals surface area contributed by atoms with Crippen LogP contribution in [0.15, 0.2) is 102 Å². The minimum absolute atomic E-state index is 0.252. The molecule has 0 spiro atoms. The lowest BCUT2D eigenvalue weighted by molar-refractivity contribution is -0.210. The van der Waals surface area contributed by atoms with Gasteiger partial charge in [-0.15, -0.1) is 0 Å². The van der Waals surface area contributed by atoms with Crippen LogP contribution in [0.4, 0.5) is 5.69 Å². The van der Waals surface area contributed by atoms with E-state index in [0.717, 1.165) is 27.9 Å². The Kier molecular flexibility index (Phi) is 7.08. The summed E-state index contributed by atoms with van der Waals surface area (Å²) in [5, 5.41) is 0. The van der Waals surface area contributed by atoms with Crippen molar-refractivity contribution in [3.63, 3.8) is 0 Å². The van der Waals surface area contributed by atoms with E-state index in [-0.39, 0.29) is 12.7 Å². The standard InChI is InChI=1S/C34H37N3O4/c1-32(2)40-31-28(39-30(33(31,3)41-32)26-20-37-27(21-36-4)29(26)35)22-38-34(23-14-8-5-9-15-23,24-16-10-6-11-17-24)25-18-12-7-13-19-25/h5-21,28,30-31,37H,22,35H2,1-4H3/t28?,30?,31-,33+/m1/s1. The molecule has 1 aromatic heterocycles. The molecule has 4 aromatic rings. The highest BCUT2D eigenvalue weighted by Gasteiger charge is 2.64. The van der Waals surface area contributed by atoms with E-state index in [4.69, 9.17) is 24.7 Å². The number of nitrogens with two attached hydrogens (primary N) is 1. The molecular formula is C34H37N3O4. The number of hydrogen-bond acceptors (Lipinski definition) is 6. The lowest BCUT2D eigenvalue weighted by Crippen LogP contribution is -2.42. The van der Waals surface area contributed by atoms with Crippen molar-refractivity contribution < 1.29 is 18.9 Å². The van der Waals surface area contributed by atoms with Crippen LogP contribution in [0.1, 0.15) is 54.8 Å². The molecule has 3 heterocycles. The molecule has 212 valence electrons. The molecule has 3 aromatic carbocycles. The highest BCUT2D eigenvalue weighted by molar-refractivity contribution is 5.86. The van der Waals surface area contributed by atoms with Gasteiger partial charge in [0.25, 0.3) is 0 Å². The Labute approximate surface area is 241 Å². The van der Waals surface area contributed by atoms with Gasteiger partial charge in [0.05, 0.1) is 18.0 Å². The number of benzene rings is 3. The highest BCUT2D eigenvalue weighted by atomic mass is 16.8. The highest BCUT2D eigenvalue weighted by Crippen LogP contribution is 2.54. The van der Waals surface area contributed by atoms with Gasteiger partial charge in [-0.1, -0.05) is 91.0 Å². The Balaban J connectivity index is 1.41. The third kappa shape index (κ3) is 4.69. The average molecular weight is 552 g/mol. The summed E-state index contributed by atoms with van der Waals surface area (Å²) in [4.78, 5) is 7.34. The molecule has 0 radical (unpaired) electrons. The number of nitrogens with zero attached hydrogens (tertiary/aromatic N) is 1. The zero-order valence-electron chi connectivity index (χ0n) is 23.9. The summed E-state index contributed by atoms with van der Waals surface area (Å²) in [6.07, 6.45) is 2.29. The number of aromatic amines is 1. The van der Waals surface area contributed by atoms with Gasteiger partial charge in [0.15, 0.2) is 5.79 Å². The van der Waals surface area contributed by atoms with Gasteiger partial charge in [0.1, 0.15) is 29.5 Å². The van der Waals surface area contributed by atoms with Crippen LogP contribution < -0.4 is 5.73 Å². The zero-order chi connectivity index (χ0) is 28.7. The molecule has 3 N–H and O–H groups in total. The molecule has 0 bridgehead atoms. The number of rotatable bonds is 8. The minimum atomic E-state index is -0.880. The first kappa shape index (κ1) is 27.4. The van der Waals surface area contributed by atoms with Crippen molar-refractivity contribution in [2.45, 2.75) is 56.1 Å². The van der Waals surface area contributed by atoms with Crippen LogP contribution in [0, 0.1) is 0 Å². The van der Waals surface area contributed by atoms with Crippen LogP contribution in [-0.4, -0.2) is 48.4 Å². The number of aliphatic imine (C=N–C) groups is 1. The van der Waals surface area contributed by atoms with Gasteiger partial charge in [-0.25, -0.2) is 0 Å². The van der Waals surface area contributed by atoms with Crippen LogP contribution in [-0.2, 0) is 24.5 Å². The number of ether oxygens (including phenoxy) is 4. The summed E-state index contributed by atoms with van der Waals surface area (Å²) in [6, 6.07) is 31.0. The largest absolute Gasteiger partial charge is 0.397 e. The molecule has 2 fully saturated rings. The van der Waals surface area contributed by atoms with Gasteiger partial charge < -0.3 is 29.7 Å². The SMILES string of the molecule is CN=Cc1[nH]cc(C2OC(COC(c3ccccc3)(c3ccccc3)c3ccccc3)[C@H]3OC(C)(C)O[C@@]23C)c1N. The van der Waals surface area contributed by atoms with E-state index in [1.165, 1.54) is 0 Å². The van der Waals surface area contributed by atoms with Crippen molar-refractivity contribution >= 4 is 11.9 Å². The second kappa shape index (κ2) is 10.6. The Hall–Kier alpha value is -3.75. The summed E-state index contributed by atoms with van der Waals surface area (Å²) in [6.45, 7) is 6.16. The van der Waals surface area contributed by atoms with Gasteiger partial charge in [0, 0.05) is 25.0 Å². The lowest BCUT2D eigenvalue weighted by Gasteiger charge is -2.37. The summed E-state index contributed by atoms with van der Waals surface area (Å²) < 4.78 is 27.0. The van der Waals surface area contributed by atoms with Crippen LogP contribution >= 0.6 is 0 Å². The first-order chi connectivity index (χ1) is 19.8. The van der Waals surface area contributed by atoms with Gasteiger partial charge in [-0.3, -0.25) is 4.99 Å². The molecule has 2 aliphatic rings. The molecule has 0 amide bonds. The van der Waals surface area contributed by atoms with Crippen LogP contribution in [0.3, 0.4) is 0 Å². The number of anilines is 1. The van der Waals surface area contributed by atoms with E-state index in [1.807, 2.05) is 81.6 Å². The molecule has 7 heteroatoms. The second-order valence-electron chi connectivity index (χ2n) is 11.3. The third-order valence-corrected chi connectivity index (χ3v) is 8.14. The monoisotopic (exact) mass is 551 g/mol. The van der Waals surface area contributed by atoms with E-state index >= 15 is 0 Å². The number of H-pyrrole nitrogens is 1. The smallest absolute Gasteiger partial charge is 0.164 e. The predicted octanol–water partition coefficient (Wildman–Crippen LogP) is 6.00. The Morgan fingerprint density at radius 1 is 0.902 bits per heavy atom. The van der Waals surface area contributed by atoms with E-state index in [0.29, 0.717) is 5.69 Å². The Bertz CT molecular complexity index is 1410. The normalized spacial score (nSPS) is 25.5. The van der Waals surface area contributed by atoms with E-state index in [9.17, 15) is 0 Å². The maximum absolute atomic E-state index is 7.13. The summed E-state index contributed by atoms with van der Waals surface area (Å²) in [5.41, 5.74) is 10.1. The van der Waals surface area contributed by atoms with Crippen LogP contribution in [0.2, 0.25) is 0 Å². The fourth-order valence-electron chi connectivity index (χ4n) is 6.47. The fourth-order valence-corrected chi connectivity index (χ4v) is 6.47. The third-order valence-electron chi connectivity index (χ3n) is 8.14. The molecule has 2 unspecified atom stereocenters. The molecular weight excluding hydrogens is 514 g/mol. The number of fused-ring (bicyclic) bond motifs is 1. The summed E-state index contributed by atoms with van der Waals surface area (Å²) in [7, 11) is 1.71. The Morgan fingerprint density at radius 2 is 1.44 bits per heavy atom. The number of nitrogen functional groups attached to an aromatic ring is 1. The predicted molar refractivity (Wildman–Crippen MR) is 160 cm³/mol. The number of hydrogen-bond donors (Lipinski definition) is 2. The number of nitrogens with one attached hydrogen (secondary N) is 1. The molecule has 2 saturated heterocycles. The quantitative estimate of drug-likeness (QED) is 0.207. The molecule has 0 saturated carbocycles. The van der Waals surface area contributed by atoms with Gasteiger partial charge in [0.2, 0.25) is 0 Å². The van der Waals surface area contributed by atoms with Crippen LogP contribution in [0.5, 0.6) is 0 Å². The first-order valence-corrected chi connectivity index (χ1v) is 14.0. The second-order valence-corrected chi connectivity index (χ2v) is 11.3.